The van der Waals surface area contributed by atoms with Crippen LogP contribution in [0.3, 0.4) is 0 Å². The Hall–Kier alpha value is -2.80. The Balaban J connectivity index is 1.81. The first-order chi connectivity index (χ1) is 12.8. The minimum Gasteiger partial charge on any atom is -0.493 e. The van der Waals surface area contributed by atoms with Gasteiger partial charge in [0.25, 0.3) is 0 Å². The molecule has 0 radical (unpaired) electrons. The van der Waals surface area contributed by atoms with E-state index in [1.165, 1.54) is 11.8 Å². The highest BCUT2D eigenvalue weighted by atomic mass is 32.2. The second kappa shape index (κ2) is 9.05. The zero-order valence-corrected chi connectivity index (χ0v) is 15.5. The number of ether oxygens (including phenoxy) is 2. The Bertz CT molecular complexity index is 865. The highest BCUT2D eigenvalue weighted by Crippen LogP contribution is 2.18. The molecule has 0 saturated heterocycles. The van der Waals surface area contributed by atoms with E-state index in [9.17, 15) is 0 Å². The molecule has 0 amide bonds. The second-order valence-corrected chi connectivity index (χ2v) is 6.01. The molecular formula is C19H20N4O2S. The van der Waals surface area contributed by atoms with Crippen molar-refractivity contribution < 1.29 is 9.47 Å². The van der Waals surface area contributed by atoms with Crippen molar-refractivity contribution in [1.29, 1.82) is 0 Å². The van der Waals surface area contributed by atoms with Gasteiger partial charge < -0.3 is 9.47 Å². The number of hydrogen-bond acceptors (Lipinski definition) is 6. The van der Waals surface area contributed by atoms with Crippen molar-refractivity contribution in [3.8, 4) is 11.5 Å². The second-order valence-electron chi connectivity index (χ2n) is 5.23. The lowest BCUT2D eigenvalue weighted by molar-refractivity contribution is 0.290. The number of thioether (sulfide) groups is 1. The van der Waals surface area contributed by atoms with Crippen LogP contribution in [0.25, 0.3) is 0 Å². The fraction of sp³-hybridized carbons (Fsp3) is 0.211. The normalized spacial score (nSPS) is 11.0. The van der Waals surface area contributed by atoms with Gasteiger partial charge in [0.2, 0.25) is 5.16 Å². The van der Waals surface area contributed by atoms with Crippen molar-refractivity contribution in [1.82, 2.24) is 14.9 Å². The summed E-state index contributed by atoms with van der Waals surface area (Å²) in [4.78, 5) is 0. The molecule has 0 spiro atoms. The summed E-state index contributed by atoms with van der Waals surface area (Å²) < 4.78 is 13.1. The van der Waals surface area contributed by atoms with Gasteiger partial charge in [0.1, 0.15) is 18.1 Å². The summed E-state index contributed by atoms with van der Waals surface area (Å²) in [6, 6.07) is 17.4. The lowest BCUT2D eigenvalue weighted by atomic mass is 10.2. The number of para-hydroxylation sites is 2. The molecule has 0 unspecified atom stereocenters. The summed E-state index contributed by atoms with van der Waals surface area (Å²) in [5, 5.41) is 13.6. The van der Waals surface area contributed by atoms with Crippen LogP contribution in [0.1, 0.15) is 18.3 Å². The van der Waals surface area contributed by atoms with E-state index in [1.807, 2.05) is 67.8 Å². The van der Waals surface area contributed by atoms with E-state index in [1.54, 1.807) is 10.9 Å². The number of rotatable bonds is 8. The van der Waals surface area contributed by atoms with E-state index in [0.717, 1.165) is 17.1 Å². The minimum absolute atomic E-state index is 0.280. The highest BCUT2D eigenvalue weighted by Gasteiger charge is 2.11. The first-order valence-electron chi connectivity index (χ1n) is 8.24. The van der Waals surface area contributed by atoms with Crippen molar-refractivity contribution in [3.63, 3.8) is 0 Å². The van der Waals surface area contributed by atoms with Crippen LogP contribution in [-0.2, 0) is 6.61 Å². The lowest BCUT2D eigenvalue weighted by Crippen LogP contribution is -2.05. The molecule has 0 atom stereocenters. The Kier molecular flexibility index (Phi) is 6.27. The molecule has 134 valence electrons. The van der Waals surface area contributed by atoms with Crippen molar-refractivity contribution in [3.05, 3.63) is 66.0 Å². The van der Waals surface area contributed by atoms with Crippen molar-refractivity contribution in [2.24, 2.45) is 5.10 Å². The maximum Gasteiger partial charge on any atom is 0.211 e. The van der Waals surface area contributed by atoms with E-state index in [0.29, 0.717) is 17.6 Å². The third kappa shape index (κ3) is 4.43. The van der Waals surface area contributed by atoms with Gasteiger partial charge in [-0.15, -0.1) is 10.2 Å². The predicted octanol–water partition coefficient (Wildman–Crippen LogP) is 3.86. The predicted molar refractivity (Wildman–Crippen MR) is 103 cm³/mol. The molecule has 26 heavy (non-hydrogen) atoms. The van der Waals surface area contributed by atoms with Crippen LogP contribution in [0, 0.1) is 0 Å². The van der Waals surface area contributed by atoms with E-state index in [4.69, 9.17) is 9.47 Å². The number of nitrogens with zero attached hydrogens (tertiary/aromatic N) is 4. The maximum absolute atomic E-state index is 5.77. The molecule has 3 rings (SSSR count). The molecule has 7 heteroatoms. The van der Waals surface area contributed by atoms with Gasteiger partial charge in [0.15, 0.2) is 5.82 Å². The standard InChI is InChI=1S/C19H20N4O2S/c1-3-24-17-12-8-7-9-15(17)13-20-23-18(21-22-19(23)26-2)14-25-16-10-5-4-6-11-16/h4-13H,3,14H2,1-2H3/b20-13-. The topological polar surface area (TPSA) is 61.5 Å². The number of aromatic nitrogens is 3. The monoisotopic (exact) mass is 368 g/mol. The van der Waals surface area contributed by atoms with Crippen molar-refractivity contribution in [2.75, 3.05) is 12.9 Å². The van der Waals surface area contributed by atoms with E-state index in [2.05, 4.69) is 15.3 Å². The summed E-state index contributed by atoms with van der Waals surface area (Å²) >= 11 is 1.48. The molecule has 0 aliphatic rings. The van der Waals surface area contributed by atoms with Crippen LogP contribution in [0.2, 0.25) is 0 Å². The average Bonchev–Trinajstić information content (AvgIpc) is 3.08. The molecule has 0 fully saturated rings. The van der Waals surface area contributed by atoms with Crippen LogP contribution in [0.15, 0.2) is 64.9 Å². The van der Waals surface area contributed by atoms with Gasteiger partial charge in [-0.05, 0) is 37.4 Å². The molecule has 0 saturated carbocycles. The molecule has 1 heterocycles. The Morgan fingerprint density at radius 3 is 2.58 bits per heavy atom. The van der Waals surface area contributed by atoms with Crippen LogP contribution in [-0.4, -0.2) is 34.0 Å². The third-order valence-electron chi connectivity index (χ3n) is 3.50. The fourth-order valence-electron chi connectivity index (χ4n) is 2.29. The zero-order chi connectivity index (χ0) is 18.2. The van der Waals surface area contributed by atoms with Crippen LogP contribution in [0.5, 0.6) is 11.5 Å². The van der Waals surface area contributed by atoms with Gasteiger partial charge in [-0.1, -0.05) is 42.1 Å². The Morgan fingerprint density at radius 2 is 1.81 bits per heavy atom. The number of benzene rings is 2. The summed E-state index contributed by atoms with van der Waals surface area (Å²) in [5.74, 6) is 2.20. The molecule has 1 aromatic heterocycles. The summed E-state index contributed by atoms with van der Waals surface area (Å²) in [7, 11) is 0. The van der Waals surface area contributed by atoms with Gasteiger partial charge in [0.05, 0.1) is 12.8 Å². The van der Waals surface area contributed by atoms with Crippen molar-refractivity contribution in [2.45, 2.75) is 18.7 Å². The average molecular weight is 368 g/mol. The number of hydrogen-bond donors (Lipinski definition) is 0. The molecule has 3 aromatic rings. The molecule has 2 aromatic carbocycles. The van der Waals surface area contributed by atoms with Crippen LogP contribution in [0.4, 0.5) is 0 Å². The Labute approximate surface area is 156 Å². The third-order valence-corrected chi connectivity index (χ3v) is 4.12. The fourth-order valence-corrected chi connectivity index (χ4v) is 2.74. The zero-order valence-electron chi connectivity index (χ0n) is 14.7. The molecule has 0 aliphatic carbocycles. The van der Waals surface area contributed by atoms with E-state index in [-0.39, 0.29) is 6.61 Å². The minimum atomic E-state index is 0.280. The molecule has 0 N–H and O–H groups in total. The largest absolute Gasteiger partial charge is 0.493 e. The molecule has 6 nitrogen and oxygen atoms in total. The molecule has 0 bridgehead atoms. The van der Waals surface area contributed by atoms with Gasteiger partial charge in [-0.2, -0.15) is 9.78 Å². The maximum atomic E-state index is 5.77. The van der Waals surface area contributed by atoms with E-state index < -0.39 is 0 Å². The first-order valence-corrected chi connectivity index (χ1v) is 9.46. The van der Waals surface area contributed by atoms with Gasteiger partial charge in [-0.3, -0.25) is 0 Å². The SMILES string of the molecule is CCOc1ccccc1/C=N\n1c(COc2ccccc2)nnc1SC. The van der Waals surface area contributed by atoms with Crippen molar-refractivity contribution >= 4 is 18.0 Å². The smallest absolute Gasteiger partial charge is 0.211 e. The molecular weight excluding hydrogens is 348 g/mol. The van der Waals surface area contributed by atoms with Crippen LogP contribution < -0.4 is 9.47 Å². The lowest BCUT2D eigenvalue weighted by Gasteiger charge is -2.07. The Morgan fingerprint density at radius 1 is 1.04 bits per heavy atom. The van der Waals surface area contributed by atoms with Gasteiger partial charge in [-0.25, -0.2) is 0 Å². The highest BCUT2D eigenvalue weighted by molar-refractivity contribution is 7.98. The summed E-state index contributed by atoms with van der Waals surface area (Å²) in [6.07, 6.45) is 3.69. The van der Waals surface area contributed by atoms with Crippen LogP contribution >= 0.6 is 11.8 Å². The van der Waals surface area contributed by atoms with E-state index >= 15 is 0 Å². The van der Waals surface area contributed by atoms with Gasteiger partial charge >= 0.3 is 0 Å². The van der Waals surface area contributed by atoms with Gasteiger partial charge in [0, 0.05) is 5.56 Å². The quantitative estimate of drug-likeness (QED) is 0.446. The summed E-state index contributed by atoms with van der Waals surface area (Å²) in [5.41, 5.74) is 0.894. The molecule has 0 aliphatic heterocycles. The summed E-state index contributed by atoms with van der Waals surface area (Å²) in [6.45, 7) is 2.84. The first kappa shape index (κ1) is 18.0.